The van der Waals surface area contributed by atoms with Crippen LogP contribution < -0.4 is 10.6 Å². The molecule has 0 unspecified atom stereocenters. The van der Waals surface area contributed by atoms with Crippen LogP contribution in [0.5, 0.6) is 0 Å². The van der Waals surface area contributed by atoms with E-state index in [0.29, 0.717) is 0 Å². The molecule has 0 saturated heterocycles. The third-order valence-corrected chi connectivity index (χ3v) is 3.36. The first-order chi connectivity index (χ1) is 8.25. The molecule has 2 aromatic carbocycles. The number of fused-ring (bicyclic) bond motifs is 1. The van der Waals surface area contributed by atoms with Crippen molar-refractivity contribution in [1.29, 1.82) is 0 Å². The Morgan fingerprint density at radius 3 is 2.76 bits per heavy atom. The summed E-state index contributed by atoms with van der Waals surface area (Å²) < 4.78 is 0. The van der Waals surface area contributed by atoms with Gasteiger partial charge in [-0.2, -0.15) is 0 Å². The number of anilines is 3. The third kappa shape index (κ3) is 1.66. The molecule has 0 fully saturated rings. The van der Waals surface area contributed by atoms with Crippen LogP contribution >= 0.6 is 0 Å². The summed E-state index contributed by atoms with van der Waals surface area (Å²) in [6.07, 6.45) is 1.10. The van der Waals surface area contributed by atoms with Gasteiger partial charge in [-0.15, -0.1) is 0 Å². The lowest BCUT2D eigenvalue weighted by atomic mass is 10.1. The molecule has 3 rings (SSSR count). The van der Waals surface area contributed by atoms with Crippen LogP contribution in [0.1, 0.15) is 11.1 Å². The number of para-hydroxylation sites is 1. The summed E-state index contributed by atoms with van der Waals surface area (Å²) in [6, 6.07) is 14.8. The quantitative estimate of drug-likeness (QED) is 0.753. The van der Waals surface area contributed by atoms with Crippen molar-refractivity contribution in [2.75, 3.05) is 17.2 Å². The van der Waals surface area contributed by atoms with E-state index in [9.17, 15) is 0 Å². The zero-order valence-corrected chi connectivity index (χ0v) is 9.98. The van der Waals surface area contributed by atoms with Gasteiger partial charge in [-0.05, 0) is 42.7 Å². The minimum atomic E-state index is 0.854. The summed E-state index contributed by atoms with van der Waals surface area (Å²) >= 11 is 0. The van der Waals surface area contributed by atoms with Crippen LogP contribution in [0, 0.1) is 6.92 Å². The van der Waals surface area contributed by atoms with Gasteiger partial charge in [-0.1, -0.05) is 24.3 Å². The van der Waals surface area contributed by atoms with E-state index in [1.54, 1.807) is 0 Å². The molecule has 17 heavy (non-hydrogen) atoms. The van der Waals surface area contributed by atoms with Crippen LogP contribution in [0.2, 0.25) is 0 Å². The Morgan fingerprint density at radius 1 is 1.06 bits per heavy atom. The summed E-state index contributed by atoms with van der Waals surface area (Å²) in [4.78, 5) is 2.32. The Morgan fingerprint density at radius 2 is 1.88 bits per heavy atom. The van der Waals surface area contributed by atoms with E-state index in [1.165, 1.54) is 16.8 Å². The Labute approximate surface area is 102 Å². The molecule has 2 aromatic rings. The fourth-order valence-electron chi connectivity index (χ4n) is 2.48. The van der Waals surface area contributed by atoms with E-state index >= 15 is 0 Å². The molecule has 0 aromatic heterocycles. The highest BCUT2D eigenvalue weighted by Gasteiger charge is 2.21. The Kier molecular flexibility index (Phi) is 2.29. The molecule has 1 heterocycles. The monoisotopic (exact) mass is 224 g/mol. The largest absolute Gasteiger partial charge is 0.397 e. The highest BCUT2D eigenvalue weighted by atomic mass is 15.2. The van der Waals surface area contributed by atoms with Crippen molar-refractivity contribution in [3.63, 3.8) is 0 Å². The average Bonchev–Trinajstić information content (AvgIpc) is 2.76. The van der Waals surface area contributed by atoms with Gasteiger partial charge in [0, 0.05) is 12.2 Å². The molecule has 1 aliphatic heterocycles. The van der Waals surface area contributed by atoms with Crippen molar-refractivity contribution in [2.24, 2.45) is 0 Å². The second-order valence-corrected chi connectivity index (χ2v) is 4.59. The first kappa shape index (κ1) is 10.2. The zero-order chi connectivity index (χ0) is 11.8. The predicted molar refractivity (Wildman–Crippen MR) is 72.7 cm³/mol. The second-order valence-electron chi connectivity index (χ2n) is 4.59. The lowest BCUT2D eigenvalue weighted by molar-refractivity contribution is 0.998. The Hall–Kier alpha value is -1.96. The minimum absolute atomic E-state index is 0.854. The predicted octanol–water partition coefficient (Wildman–Crippen LogP) is 3.27. The Balaban J connectivity index is 2.10. The molecular weight excluding hydrogens is 208 g/mol. The number of nitrogens with two attached hydrogens (primary N) is 1. The van der Waals surface area contributed by atoms with Gasteiger partial charge in [0.1, 0.15) is 0 Å². The van der Waals surface area contributed by atoms with E-state index in [1.807, 2.05) is 6.07 Å². The van der Waals surface area contributed by atoms with Gasteiger partial charge < -0.3 is 10.6 Å². The van der Waals surface area contributed by atoms with Crippen molar-refractivity contribution in [1.82, 2.24) is 0 Å². The average molecular weight is 224 g/mol. The van der Waals surface area contributed by atoms with Crippen LogP contribution in [0.3, 0.4) is 0 Å². The van der Waals surface area contributed by atoms with E-state index in [-0.39, 0.29) is 0 Å². The van der Waals surface area contributed by atoms with Crippen LogP contribution in [0.4, 0.5) is 17.1 Å². The molecule has 0 spiro atoms. The molecule has 1 aliphatic rings. The van der Waals surface area contributed by atoms with Crippen molar-refractivity contribution < 1.29 is 0 Å². The zero-order valence-electron chi connectivity index (χ0n) is 9.98. The number of nitrogen functional groups attached to an aromatic ring is 1. The molecule has 86 valence electrons. The first-order valence-electron chi connectivity index (χ1n) is 5.97. The number of hydrogen-bond acceptors (Lipinski definition) is 2. The molecule has 0 amide bonds. The van der Waals surface area contributed by atoms with Crippen molar-refractivity contribution in [2.45, 2.75) is 13.3 Å². The number of benzene rings is 2. The first-order valence-corrected chi connectivity index (χ1v) is 5.97. The molecule has 2 N–H and O–H groups in total. The van der Waals surface area contributed by atoms with Crippen molar-refractivity contribution in [3.05, 3.63) is 53.6 Å². The topological polar surface area (TPSA) is 29.3 Å². The molecule has 0 saturated carbocycles. The minimum Gasteiger partial charge on any atom is -0.397 e. The van der Waals surface area contributed by atoms with Gasteiger partial charge in [0.25, 0.3) is 0 Å². The third-order valence-electron chi connectivity index (χ3n) is 3.36. The highest BCUT2D eigenvalue weighted by Crippen LogP contribution is 2.37. The second kappa shape index (κ2) is 3.81. The maximum absolute atomic E-state index is 6.08. The maximum Gasteiger partial charge on any atom is 0.0647 e. The highest BCUT2D eigenvalue weighted by molar-refractivity contribution is 5.78. The normalized spacial score (nSPS) is 13.8. The summed E-state index contributed by atoms with van der Waals surface area (Å²) in [6.45, 7) is 3.12. The van der Waals surface area contributed by atoms with E-state index in [2.05, 4.69) is 48.2 Å². The fourth-order valence-corrected chi connectivity index (χ4v) is 2.48. The van der Waals surface area contributed by atoms with Crippen molar-refractivity contribution in [3.8, 4) is 0 Å². The molecule has 0 aliphatic carbocycles. The van der Waals surface area contributed by atoms with Crippen LogP contribution in [-0.2, 0) is 6.42 Å². The van der Waals surface area contributed by atoms with Crippen LogP contribution in [0.25, 0.3) is 0 Å². The molecule has 0 atom stereocenters. The van der Waals surface area contributed by atoms with Gasteiger partial charge in [0.15, 0.2) is 0 Å². The number of rotatable bonds is 1. The van der Waals surface area contributed by atoms with Gasteiger partial charge in [-0.25, -0.2) is 0 Å². The molecule has 0 radical (unpaired) electrons. The van der Waals surface area contributed by atoms with Gasteiger partial charge in [0.05, 0.1) is 11.4 Å². The smallest absolute Gasteiger partial charge is 0.0647 e. The lowest BCUT2D eigenvalue weighted by Gasteiger charge is -2.21. The number of aryl methyl sites for hydroxylation is 1. The van der Waals surface area contributed by atoms with E-state index < -0.39 is 0 Å². The fraction of sp³-hybridized carbons (Fsp3) is 0.200. The van der Waals surface area contributed by atoms with Crippen LogP contribution in [-0.4, -0.2) is 6.54 Å². The lowest BCUT2D eigenvalue weighted by Crippen LogP contribution is -2.15. The molecule has 0 bridgehead atoms. The summed E-state index contributed by atoms with van der Waals surface area (Å²) in [7, 11) is 0. The summed E-state index contributed by atoms with van der Waals surface area (Å²) in [5, 5.41) is 0. The molecule has 2 nitrogen and oxygen atoms in total. The maximum atomic E-state index is 6.08. The van der Waals surface area contributed by atoms with E-state index in [0.717, 1.165) is 24.3 Å². The van der Waals surface area contributed by atoms with Crippen LogP contribution in [0.15, 0.2) is 42.5 Å². The van der Waals surface area contributed by atoms with Crippen molar-refractivity contribution >= 4 is 17.1 Å². The molecular formula is C15H16N2. The number of nitrogens with zero attached hydrogens (tertiary/aromatic N) is 1. The summed E-state index contributed by atoms with van der Waals surface area (Å²) in [5.74, 6) is 0. The van der Waals surface area contributed by atoms with Gasteiger partial charge in [0.2, 0.25) is 0 Å². The van der Waals surface area contributed by atoms with E-state index in [4.69, 9.17) is 5.73 Å². The molecule has 2 heteroatoms. The van der Waals surface area contributed by atoms with Gasteiger partial charge >= 0.3 is 0 Å². The Bertz CT molecular complexity index is 561. The standard InChI is InChI=1S/C15H16N2/c1-11-6-7-13(16)15(10-11)17-9-8-12-4-2-3-5-14(12)17/h2-7,10H,8-9,16H2,1H3. The van der Waals surface area contributed by atoms with Gasteiger partial charge in [-0.3, -0.25) is 0 Å². The SMILES string of the molecule is Cc1ccc(N)c(N2CCc3ccccc32)c1. The number of hydrogen-bond donors (Lipinski definition) is 1. The summed E-state index contributed by atoms with van der Waals surface area (Å²) in [5.41, 5.74) is 12.0.